The van der Waals surface area contributed by atoms with E-state index < -0.39 is 0 Å². The quantitative estimate of drug-likeness (QED) is 0.255. The van der Waals surface area contributed by atoms with Crippen LogP contribution in [-0.4, -0.2) is 19.9 Å². The summed E-state index contributed by atoms with van der Waals surface area (Å²) in [6, 6.07) is 32.2. The van der Waals surface area contributed by atoms with Crippen LogP contribution in [0.15, 0.2) is 91.0 Å². The molecule has 37 heavy (non-hydrogen) atoms. The fourth-order valence-corrected chi connectivity index (χ4v) is 5.80. The second kappa shape index (κ2) is 7.77. The SMILES string of the molecule is C1=Cc2cc3ccc([nH]3)c(C3c4ccccc4-c4ccccc43)c3nc(cc4ccc(cc1n2)[nH]4)C=C3. The van der Waals surface area contributed by atoms with E-state index in [2.05, 4.69) is 119 Å². The van der Waals surface area contributed by atoms with Crippen LogP contribution in [0.4, 0.5) is 0 Å². The van der Waals surface area contributed by atoms with Gasteiger partial charge in [-0.3, -0.25) is 0 Å². The first kappa shape index (κ1) is 20.3. The van der Waals surface area contributed by atoms with Gasteiger partial charge >= 0.3 is 0 Å². The lowest BCUT2D eigenvalue weighted by Crippen LogP contribution is -2.02. The molecule has 1 aliphatic carbocycles. The largest absolute Gasteiger partial charge is 0.355 e. The molecular formula is C33H22N4. The van der Waals surface area contributed by atoms with Crippen LogP contribution in [0.3, 0.4) is 0 Å². The molecule has 2 aliphatic heterocycles. The maximum atomic E-state index is 5.12. The molecule has 0 unspecified atom stereocenters. The molecule has 5 aromatic rings. The zero-order valence-corrected chi connectivity index (χ0v) is 19.9. The van der Waals surface area contributed by atoms with E-state index in [1.165, 1.54) is 27.8 Å². The van der Waals surface area contributed by atoms with Gasteiger partial charge < -0.3 is 9.97 Å². The van der Waals surface area contributed by atoms with Gasteiger partial charge in [-0.2, -0.15) is 0 Å². The highest BCUT2D eigenvalue weighted by atomic mass is 14.8. The van der Waals surface area contributed by atoms with Crippen molar-refractivity contribution in [2.45, 2.75) is 5.92 Å². The fraction of sp³-hybridized carbons (Fsp3) is 0.0303. The van der Waals surface area contributed by atoms with Gasteiger partial charge in [0.25, 0.3) is 0 Å². The van der Waals surface area contributed by atoms with Crippen molar-refractivity contribution in [1.29, 1.82) is 0 Å². The molecule has 174 valence electrons. The Morgan fingerprint density at radius 1 is 0.514 bits per heavy atom. The maximum Gasteiger partial charge on any atom is 0.0700 e. The van der Waals surface area contributed by atoms with Crippen molar-refractivity contribution < 1.29 is 0 Å². The Kier molecular flexibility index (Phi) is 4.25. The third-order valence-corrected chi connectivity index (χ3v) is 7.38. The number of aromatic nitrogens is 4. The molecular weight excluding hydrogens is 452 g/mol. The van der Waals surface area contributed by atoms with E-state index in [1.54, 1.807) is 0 Å². The molecule has 0 saturated heterocycles. The molecule has 4 heteroatoms. The van der Waals surface area contributed by atoms with Crippen LogP contribution in [0.5, 0.6) is 0 Å². The highest BCUT2D eigenvalue weighted by molar-refractivity contribution is 5.86. The Morgan fingerprint density at radius 3 is 1.73 bits per heavy atom. The topological polar surface area (TPSA) is 57.4 Å². The average Bonchev–Trinajstić information content (AvgIpc) is 3.74. The Hall–Kier alpha value is -4.96. The summed E-state index contributed by atoms with van der Waals surface area (Å²) in [5.74, 6) is 0.0795. The van der Waals surface area contributed by atoms with Crippen molar-refractivity contribution in [2.75, 3.05) is 0 Å². The van der Waals surface area contributed by atoms with Gasteiger partial charge in [-0.15, -0.1) is 0 Å². The van der Waals surface area contributed by atoms with Gasteiger partial charge in [-0.25, -0.2) is 9.97 Å². The summed E-state index contributed by atoms with van der Waals surface area (Å²) in [7, 11) is 0. The molecule has 3 aromatic heterocycles. The van der Waals surface area contributed by atoms with Gasteiger partial charge in [-0.1, -0.05) is 48.5 Å². The summed E-state index contributed by atoms with van der Waals surface area (Å²) >= 11 is 0. The number of hydrogen-bond acceptors (Lipinski definition) is 2. The Labute approximate surface area is 213 Å². The third kappa shape index (κ3) is 3.30. The lowest BCUT2D eigenvalue weighted by Gasteiger charge is -2.15. The molecule has 0 fully saturated rings. The van der Waals surface area contributed by atoms with E-state index in [0.29, 0.717) is 0 Å². The monoisotopic (exact) mass is 474 g/mol. The van der Waals surface area contributed by atoms with Crippen LogP contribution < -0.4 is 0 Å². The van der Waals surface area contributed by atoms with Gasteiger partial charge in [0, 0.05) is 33.5 Å². The molecule has 5 heterocycles. The molecule has 0 amide bonds. The average molecular weight is 475 g/mol. The normalized spacial score (nSPS) is 13.6. The van der Waals surface area contributed by atoms with Crippen molar-refractivity contribution in [2.24, 2.45) is 0 Å². The first-order valence-corrected chi connectivity index (χ1v) is 12.5. The summed E-state index contributed by atoms with van der Waals surface area (Å²) in [5.41, 5.74) is 14.3. The number of aromatic amines is 2. The first-order chi connectivity index (χ1) is 18.3. The molecule has 0 spiro atoms. The summed E-state index contributed by atoms with van der Waals surface area (Å²) in [6.45, 7) is 0. The number of rotatable bonds is 1. The van der Waals surface area contributed by atoms with Crippen molar-refractivity contribution in [3.05, 3.63) is 130 Å². The molecule has 3 aliphatic rings. The Balaban J connectivity index is 1.48. The number of nitrogens with one attached hydrogen (secondary N) is 2. The second-order valence-electron chi connectivity index (χ2n) is 9.70. The molecule has 0 saturated carbocycles. The van der Waals surface area contributed by atoms with Crippen LogP contribution >= 0.6 is 0 Å². The Morgan fingerprint density at radius 2 is 1.05 bits per heavy atom. The number of nitrogens with zero attached hydrogens (tertiary/aromatic N) is 2. The maximum absolute atomic E-state index is 5.12. The van der Waals surface area contributed by atoms with Gasteiger partial charge in [0.05, 0.1) is 22.8 Å². The van der Waals surface area contributed by atoms with Crippen molar-refractivity contribution >= 4 is 46.4 Å². The Bertz CT molecular complexity index is 1910. The summed E-state index contributed by atoms with van der Waals surface area (Å²) in [4.78, 5) is 17.1. The summed E-state index contributed by atoms with van der Waals surface area (Å²) in [6.07, 6.45) is 8.35. The molecule has 4 nitrogen and oxygen atoms in total. The van der Waals surface area contributed by atoms with E-state index in [0.717, 1.165) is 44.8 Å². The lowest BCUT2D eigenvalue weighted by molar-refractivity contribution is 1.01. The smallest absolute Gasteiger partial charge is 0.0700 e. The molecule has 0 atom stereocenters. The van der Waals surface area contributed by atoms with Gasteiger partial charge in [0.1, 0.15) is 0 Å². The zero-order valence-electron chi connectivity index (χ0n) is 19.9. The zero-order chi connectivity index (χ0) is 24.3. The molecule has 2 N–H and O–H groups in total. The van der Waals surface area contributed by atoms with Crippen molar-refractivity contribution in [3.8, 4) is 11.1 Å². The third-order valence-electron chi connectivity index (χ3n) is 7.38. The number of H-pyrrole nitrogens is 2. The van der Waals surface area contributed by atoms with Crippen LogP contribution in [0.2, 0.25) is 0 Å². The van der Waals surface area contributed by atoms with Crippen molar-refractivity contribution in [3.63, 3.8) is 0 Å². The minimum absolute atomic E-state index is 0.0795. The van der Waals surface area contributed by atoms with E-state index in [9.17, 15) is 0 Å². The van der Waals surface area contributed by atoms with Crippen LogP contribution in [0.1, 0.15) is 45.4 Å². The predicted molar refractivity (Wildman–Crippen MR) is 152 cm³/mol. The van der Waals surface area contributed by atoms with Crippen LogP contribution in [0, 0.1) is 0 Å². The first-order valence-electron chi connectivity index (χ1n) is 12.5. The van der Waals surface area contributed by atoms with E-state index in [4.69, 9.17) is 9.97 Å². The molecule has 8 bridgehead atoms. The van der Waals surface area contributed by atoms with Gasteiger partial charge in [0.2, 0.25) is 0 Å². The van der Waals surface area contributed by atoms with Crippen LogP contribution in [0.25, 0.3) is 57.5 Å². The van der Waals surface area contributed by atoms with E-state index >= 15 is 0 Å². The number of hydrogen-bond donors (Lipinski definition) is 2. The number of benzene rings is 2. The lowest BCUT2D eigenvalue weighted by atomic mass is 9.88. The van der Waals surface area contributed by atoms with Crippen LogP contribution in [-0.2, 0) is 0 Å². The van der Waals surface area contributed by atoms with Crippen molar-refractivity contribution in [1.82, 2.24) is 19.9 Å². The standard InChI is InChI=1S/C33H22N4/c1-3-7-28-26(5-1)27-6-2-4-8-29(27)32(28)33-30-15-13-24(36-30)18-22-11-9-20(34-22)17-21-10-12-23(35-21)19-25-14-16-31(33)37-25/h1-19,32,34,37H. The minimum Gasteiger partial charge on any atom is -0.355 e. The van der Waals surface area contributed by atoms with Gasteiger partial charge in [0.15, 0.2) is 0 Å². The summed E-state index contributed by atoms with van der Waals surface area (Å²) in [5, 5.41) is 0. The molecule has 0 radical (unpaired) electrons. The highest BCUT2D eigenvalue weighted by Crippen LogP contribution is 2.49. The van der Waals surface area contributed by atoms with E-state index in [-0.39, 0.29) is 5.92 Å². The predicted octanol–water partition coefficient (Wildman–Crippen LogP) is 7.82. The van der Waals surface area contributed by atoms with E-state index in [1.807, 2.05) is 6.08 Å². The van der Waals surface area contributed by atoms with Gasteiger partial charge in [-0.05, 0) is 89.0 Å². The summed E-state index contributed by atoms with van der Waals surface area (Å²) < 4.78 is 0. The fourth-order valence-electron chi connectivity index (χ4n) is 5.80. The minimum atomic E-state index is 0.0795. The number of fused-ring (bicyclic) bond motifs is 11. The second-order valence-corrected chi connectivity index (χ2v) is 9.70. The molecule has 2 aromatic carbocycles. The highest BCUT2D eigenvalue weighted by Gasteiger charge is 2.32. The molecule has 8 rings (SSSR count).